The molecule has 2 unspecified atom stereocenters. The van der Waals surface area contributed by atoms with Crippen LogP contribution in [0.2, 0.25) is 0 Å². The van der Waals surface area contributed by atoms with Crippen molar-refractivity contribution in [3.8, 4) is 0 Å². The second kappa shape index (κ2) is 8.79. The van der Waals surface area contributed by atoms with E-state index in [0.29, 0.717) is 18.4 Å². The molecule has 0 spiro atoms. The minimum Gasteiger partial charge on any atom is -0.391 e. The lowest BCUT2D eigenvalue weighted by Gasteiger charge is -2.62. The molecule has 0 saturated heterocycles. The summed E-state index contributed by atoms with van der Waals surface area (Å²) in [7, 11) is 0. The Morgan fingerprint density at radius 1 is 1.00 bits per heavy atom. The van der Waals surface area contributed by atoms with Gasteiger partial charge in [-0.25, -0.2) is 0 Å². The van der Waals surface area contributed by atoms with Gasteiger partial charge in [0.1, 0.15) is 5.92 Å². The van der Waals surface area contributed by atoms with Gasteiger partial charge in [-0.1, -0.05) is 67.5 Å². The van der Waals surface area contributed by atoms with E-state index in [0.717, 1.165) is 12.0 Å². The number of Topliss-reactive ketones (excluding diaryl/α,β-unsaturated/α-hetero) is 3. The molecule has 5 atom stereocenters. The molecule has 0 radical (unpaired) electrons. The molecule has 1 N–H and O–H groups in total. The smallest absolute Gasteiger partial charge is 0.176 e. The van der Waals surface area contributed by atoms with Gasteiger partial charge in [-0.05, 0) is 65.2 Å². The lowest BCUT2D eigenvalue weighted by molar-refractivity contribution is -0.193. The number of ketones is 3. The maximum Gasteiger partial charge on any atom is 0.176 e. The Balaban J connectivity index is 2.22. The van der Waals surface area contributed by atoms with Crippen molar-refractivity contribution in [3.63, 3.8) is 0 Å². The average molecular weight is 451 g/mol. The normalized spacial score (nSPS) is 32.8. The second-order valence-electron chi connectivity index (χ2n) is 11.3. The van der Waals surface area contributed by atoms with Crippen LogP contribution in [0.25, 0.3) is 0 Å². The second-order valence-corrected chi connectivity index (χ2v) is 11.3. The molecule has 0 aromatic heterocycles. The lowest BCUT2D eigenvalue weighted by Crippen LogP contribution is -2.72. The van der Waals surface area contributed by atoms with Crippen molar-refractivity contribution in [1.82, 2.24) is 0 Å². The van der Waals surface area contributed by atoms with Crippen LogP contribution in [0, 0.1) is 28.1 Å². The van der Waals surface area contributed by atoms with Crippen LogP contribution >= 0.6 is 0 Å². The van der Waals surface area contributed by atoms with Crippen molar-refractivity contribution in [2.45, 2.75) is 73.8 Å². The Morgan fingerprint density at radius 2 is 1.58 bits per heavy atom. The zero-order valence-corrected chi connectivity index (χ0v) is 21.1. The van der Waals surface area contributed by atoms with E-state index in [1.807, 2.05) is 53.7 Å². The zero-order valence-electron chi connectivity index (χ0n) is 21.1. The molecule has 2 aliphatic rings. The molecule has 2 saturated carbocycles. The number of carbonyl (C=O) groups is 3. The number of aliphatic hydroxyl groups is 1. The first-order valence-corrected chi connectivity index (χ1v) is 11.9. The Kier molecular flexibility index (Phi) is 6.74. The Bertz CT molecular complexity index is 1010. The maximum absolute atomic E-state index is 14.2. The van der Waals surface area contributed by atoms with Crippen molar-refractivity contribution in [1.29, 1.82) is 0 Å². The molecule has 3 rings (SSSR count). The van der Waals surface area contributed by atoms with Crippen molar-refractivity contribution in [2.24, 2.45) is 28.1 Å². The molecule has 178 valence electrons. The van der Waals surface area contributed by atoms with Crippen molar-refractivity contribution in [3.05, 3.63) is 59.2 Å². The minimum absolute atomic E-state index is 0.0204. The first kappa shape index (κ1) is 25.3. The van der Waals surface area contributed by atoms with E-state index < -0.39 is 39.8 Å². The van der Waals surface area contributed by atoms with Crippen molar-refractivity contribution in [2.75, 3.05) is 0 Å². The van der Waals surface area contributed by atoms with Gasteiger partial charge in [0.15, 0.2) is 17.3 Å². The molecule has 2 fully saturated rings. The fraction of sp³-hybridized carbons (Fsp3) is 0.552. The first-order chi connectivity index (χ1) is 15.3. The molecule has 4 nitrogen and oxygen atoms in total. The number of hydrogen-bond donors (Lipinski definition) is 1. The topological polar surface area (TPSA) is 71.4 Å². The van der Waals surface area contributed by atoms with E-state index in [4.69, 9.17) is 0 Å². The molecule has 33 heavy (non-hydrogen) atoms. The van der Waals surface area contributed by atoms with Gasteiger partial charge in [0.25, 0.3) is 0 Å². The molecule has 0 heterocycles. The summed E-state index contributed by atoms with van der Waals surface area (Å²) >= 11 is 0. The summed E-state index contributed by atoms with van der Waals surface area (Å²) < 4.78 is 0. The van der Waals surface area contributed by atoms with Gasteiger partial charge in [0, 0.05) is 5.56 Å². The average Bonchev–Trinajstić information content (AvgIpc) is 2.76. The van der Waals surface area contributed by atoms with Gasteiger partial charge in [0.05, 0.1) is 16.9 Å². The fourth-order valence-corrected chi connectivity index (χ4v) is 5.93. The molecule has 0 aliphatic heterocycles. The molecular weight excluding hydrogens is 412 g/mol. The standard InChI is InChI=1S/C29H38O4/c1-18(2)13-14-21-17-29(16-15-19(3)4)25(32)22(23(30)20-11-9-8-10-12-20)24(31)28(7,26(29)33)27(21,5)6/h8-13,15,21-22,25,32H,14,16-17H2,1-7H3/t21-,22?,25?,28+,29-/m0/s1. The number of aliphatic hydroxyl groups excluding tert-OH is 1. The summed E-state index contributed by atoms with van der Waals surface area (Å²) in [6.07, 6.45) is 4.29. The fourth-order valence-electron chi connectivity index (χ4n) is 5.93. The summed E-state index contributed by atoms with van der Waals surface area (Å²) in [6.45, 7) is 13.7. The lowest BCUT2D eigenvalue weighted by atomic mass is 9.38. The summed E-state index contributed by atoms with van der Waals surface area (Å²) in [4.78, 5) is 41.8. The van der Waals surface area contributed by atoms with E-state index in [1.165, 1.54) is 5.57 Å². The van der Waals surface area contributed by atoms with Crippen LogP contribution in [-0.4, -0.2) is 28.6 Å². The number of benzene rings is 1. The number of carbonyl (C=O) groups excluding carboxylic acids is 3. The third-order valence-electron chi connectivity index (χ3n) is 8.51. The predicted molar refractivity (Wildman–Crippen MR) is 131 cm³/mol. The monoisotopic (exact) mass is 450 g/mol. The number of fused-ring (bicyclic) bond motifs is 2. The van der Waals surface area contributed by atoms with Gasteiger partial charge in [-0.3, -0.25) is 14.4 Å². The van der Waals surface area contributed by atoms with E-state index in [9.17, 15) is 19.5 Å². The van der Waals surface area contributed by atoms with Gasteiger partial charge < -0.3 is 5.11 Å². The molecule has 4 heteroatoms. The van der Waals surface area contributed by atoms with Crippen LogP contribution in [0.1, 0.15) is 78.1 Å². The highest BCUT2D eigenvalue weighted by Gasteiger charge is 2.73. The highest BCUT2D eigenvalue weighted by Crippen LogP contribution is 2.64. The molecule has 1 aromatic carbocycles. The Morgan fingerprint density at radius 3 is 2.12 bits per heavy atom. The zero-order chi connectivity index (χ0) is 24.8. The Labute approximate surface area is 198 Å². The highest BCUT2D eigenvalue weighted by molar-refractivity contribution is 6.23. The molecule has 0 amide bonds. The molecule has 1 aromatic rings. The summed E-state index contributed by atoms with van der Waals surface area (Å²) in [5, 5.41) is 11.7. The van der Waals surface area contributed by atoms with Crippen LogP contribution in [0.15, 0.2) is 53.6 Å². The Hall–Kier alpha value is -2.33. The van der Waals surface area contributed by atoms with Crippen molar-refractivity contribution < 1.29 is 19.5 Å². The SMILES string of the molecule is CC(C)=CC[C@H]1C[C@]2(CC=C(C)C)C(=O)[C@@](C)(C(=O)C(C(=O)c3ccccc3)C2O)C1(C)C. The first-order valence-electron chi connectivity index (χ1n) is 11.9. The van der Waals surface area contributed by atoms with Gasteiger partial charge >= 0.3 is 0 Å². The minimum atomic E-state index is -1.35. The van der Waals surface area contributed by atoms with Gasteiger partial charge in [-0.15, -0.1) is 0 Å². The highest BCUT2D eigenvalue weighted by atomic mass is 16.3. The number of allylic oxidation sites excluding steroid dienone is 4. The van der Waals surface area contributed by atoms with E-state index in [-0.39, 0.29) is 11.7 Å². The molecule has 2 aliphatic carbocycles. The molecule has 2 bridgehead atoms. The largest absolute Gasteiger partial charge is 0.391 e. The van der Waals surface area contributed by atoms with E-state index in [2.05, 4.69) is 6.08 Å². The third kappa shape index (κ3) is 3.86. The van der Waals surface area contributed by atoms with Crippen molar-refractivity contribution >= 4 is 17.3 Å². The molecular formula is C29H38O4. The predicted octanol–water partition coefficient (Wildman–Crippen LogP) is 5.75. The van der Waals surface area contributed by atoms with Crippen LogP contribution in [0.5, 0.6) is 0 Å². The summed E-state index contributed by atoms with van der Waals surface area (Å²) in [5.41, 5.74) is -0.557. The summed E-state index contributed by atoms with van der Waals surface area (Å²) in [6, 6.07) is 8.64. The van der Waals surface area contributed by atoms with Gasteiger partial charge in [0.2, 0.25) is 0 Å². The van der Waals surface area contributed by atoms with E-state index >= 15 is 0 Å². The maximum atomic E-state index is 14.2. The van der Waals surface area contributed by atoms with E-state index in [1.54, 1.807) is 31.2 Å². The van der Waals surface area contributed by atoms with Crippen LogP contribution in [0.3, 0.4) is 0 Å². The van der Waals surface area contributed by atoms with Crippen LogP contribution in [-0.2, 0) is 9.59 Å². The quantitative estimate of drug-likeness (QED) is 0.340. The van der Waals surface area contributed by atoms with Crippen LogP contribution < -0.4 is 0 Å². The third-order valence-corrected chi connectivity index (χ3v) is 8.51. The van der Waals surface area contributed by atoms with Crippen LogP contribution in [0.4, 0.5) is 0 Å². The number of hydrogen-bond acceptors (Lipinski definition) is 4. The van der Waals surface area contributed by atoms with Gasteiger partial charge in [-0.2, -0.15) is 0 Å². The summed E-state index contributed by atoms with van der Waals surface area (Å²) in [5.74, 6) is -2.27. The number of rotatable bonds is 6.